The maximum Gasteiger partial charge on any atom is 0.266 e. The van der Waals surface area contributed by atoms with Crippen LogP contribution in [-0.4, -0.2) is 25.0 Å². The van der Waals surface area contributed by atoms with E-state index in [1.165, 1.54) is 21.3 Å². The van der Waals surface area contributed by atoms with E-state index in [1.54, 1.807) is 6.07 Å². The second-order valence-corrected chi connectivity index (χ2v) is 7.48. The van der Waals surface area contributed by atoms with Gasteiger partial charge >= 0.3 is 0 Å². The van der Waals surface area contributed by atoms with Crippen LogP contribution >= 0.6 is 30.4 Å². The van der Waals surface area contributed by atoms with Crippen molar-refractivity contribution in [2.24, 2.45) is 0 Å². The van der Waals surface area contributed by atoms with E-state index in [1.807, 2.05) is 0 Å². The fraction of sp³-hybridized carbons (Fsp3) is 0.263. The molecule has 0 fully saturated rings. The van der Waals surface area contributed by atoms with E-state index in [9.17, 15) is 18.4 Å². The molecule has 0 unspecified atom stereocenters. The number of halogens is 3. The van der Waals surface area contributed by atoms with Gasteiger partial charge in [0.1, 0.15) is 17.4 Å². The van der Waals surface area contributed by atoms with Crippen LogP contribution in [0, 0.1) is 11.6 Å². The van der Waals surface area contributed by atoms with Crippen LogP contribution in [0.25, 0.3) is 0 Å². The molecule has 0 aliphatic carbocycles. The third-order valence-electron chi connectivity index (χ3n) is 4.19. The van der Waals surface area contributed by atoms with E-state index in [4.69, 9.17) is 8.92 Å². The predicted molar refractivity (Wildman–Crippen MR) is 111 cm³/mol. The van der Waals surface area contributed by atoms with Crippen molar-refractivity contribution >= 4 is 47.9 Å². The van der Waals surface area contributed by atoms with Crippen LogP contribution in [0.1, 0.15) is 40.0 Å². The van der Waals surface area contributed by atoms with Crippen LogP contribution in [0.2, 0.25) is 0 Å². The number of nitrogens with zero attached hydrogens (tertiary/aromatic N) is 1. The van der Waals surface area contributed by atoms with Crippen LogP contribution in [0.4, 0.5) is 14.5 Å². The van der Waals surface area contributed by atoms with Crippen LogP contribution in [0.3, 0.4) is 0 Å². The predicted octanol–water partition coefficient (Wildman–Crippen LogP) is 5.33. The highest BCUT2D eigenvalue weighted by Gasteiger charge is 2.38. The highest BCUT2D eigenvalue weighted by molar-refractivity contribution is 14.2. The van der Waals surface area contributed by atoms with Crippen molar-refractivity contribution in [3.63, 3.8) is 0 Å². The van der Waals surface area contributed by atoms with Crippen LogP contribution in [0.15, 0.2) is 36.4 Å². The van der Waals surface area contributed by atoms with Gasteiger partial charge in [-0.2, -0.15) is 0 Å². The normalized spacial score (nSPS) is 13.2. The summed E-state index contributed by atoms with van der Waals surface area (Å²) in [5.41, 5.74) is 0.0233. The Labute approximate surface area is 177 Å². The minimum atomic E-state index is -0.976. The van der Waals surface area contributed by atoms with Gasteiger partial charge in [0.2, 0.25) is 0 Å². The Bertz CT molecular complexity index is 896. The van der Waals surface area contributed by atoms with Crippen molar-refractivity contribution in [1.29, 1.82) is 0 Å². The van der Waals surface area contributed by atoms with Gasteiger partial charge in [-0.25, -0.2) is 13.7 Å². The fourth-order valence-corrected chi connectivity index (χ4v) is 3.57. The minimum absolute atomic E-state index is 0.138. The van der Waals surface area contributed by atoms with E-state index in [-0.39, 0.29) is 16.8 Å². The Balaban J connectivity index is 1.66. The molecule has 0 atom stereocenters. The molecule has 9 heteroatoms. The third kappa shape index (κ3) is 4.64. The number of benzene rings is 2. The third-order valence-corrected chi connectivity index (χ3v) is 5.21. The number of fused-ring (bicyclic) bond motifs is 1. The van der Waals surface area contributed by atoms with E-state index in [0.717, 1.165) is 31.4 Å². The van der Waals surface area contributed by atoms with E-state index in [0.29, 0.717) is 29.9 Å². The Morgan fingerprint density at radius 2 is 1.68 bits per heavy atom. The molecule has 2 aromatic rings. The van der Waals surface area contributed by atoms with E-state index in [2.05, 4.69) is 21.2 Å². The number of carbonyl (C=O) groups excluding carboxylic acids is 2. The van der Waals surface area contributed by atoms with Gasteiger partial charge in [0.25, 0.3) is 11.8 Å². The maximum absolute atomic E-state index is 14.0. The van der Waals surface area contributed by atoms with Gasteiger partial charge < -0.3 is 8.92 Å². The lowest BCUT2D eigenvalue weighted by atomic mass is 10.1. The Morgan fingerprint density at radius 3 is 2.43 bits per heavy atom. The molecule has 148 valence electrons. The second-order valence-electron chi connectivity index (χ2n) is 6.04. The molecular formula is C19H16F2INO4S. The highest BCUT2D eigenvalue weighted by Crippen LogP contribution is 2.32. The summed E-state index contributed by atoms with van der Waals surface area (Å²) >= 11 is 2.07. The molecule has 3 rings (SSSR count). The molecule has 0 N–H and O–H groups in total. The molecule has 0 saturated heterocycles. The molecule has 1 heterocycles. The molecule has 1 aliphatic rings. The van der Waals surface area contributed by atoms with Crippen molar-refractivity contribution in [2.45, 2.75) is 19.3 Å². The molecule has 2 aromatic carbocycles. The molecule has 0 bridgehead atoms. The number of anilines is 1. The zero-order chi connectivity index (χ0) is 20.1. The molecule has 5 nitrogen and oxygen atoms in total. The van der Waals surface area contributed by atoms with Crippen LogP contribution in [0.5, 0.6) is 5.75 Å². The molecule has 1 aliphatic heterocycles. The number of imide groups is 1. The summed E-state index contributed by atoms with van der Waals surface area (Å²) in [6.07, 6.45) is 2.69. The van der Waals surface area contributed by atoms with Crippen LogP contribution in [-0.2, 0) is 4.18 Å². The van der Waals surface area contributed by atoms with E-state index < -0.39 is 23.4 Å². The Morgan fingerprint density at radius 1 is 0.929 bits per heavy atom. The number of ether oxygens (including phenoxy) is 1. The van der Waals surface area contributed by atoms with Gasteiger partial charge in [-0.15, -0.1) is 0 Å². The number of hydrogen-bond donors (Lipinski definition) is 0. The number of carbonyl (C=O) groups is 2. The summed E-state index contributed by atoms with van der Waals surface area (Å²) in [7, 11) is 1.31. The highest BCUT2D eigenvalue weighted by atomic mass is 127. The van der Waals surface area contributed by atoms with Crippen LogP contribution < -0.4 is 9.64 Å². The number of rotatable bonds is 9. The largest absolute Gasteiger partial charge is 0.494 e. The quantitative estimate of drug-likeness (QED) is 0.194. The molecule has 0 spiro atoms. The van der Waals surface area contributed by atoms with Crippen molar-refractivity contribution < 1.29 is 27.3 Å². The topological polar surface area (TPSA) is 55.8 Å². The first-order valence-corrected chi connectivity index (χ1v) is 11.8. The van der Waals surface area contributed by atoms with Crippen molar-refractivity contribution in [1.82, 2.24) is 0 Å². The summed E-state index contributed by atoms with van der Waals surface area (Å²) < 4.78 is 38.0. The van der Waals surface area contributed by atoms with Gasteiger partial charge in [0, 0.05) is 27.3 Å². The Hall–Kier alpha value is -1.72. The lowest BCUT2D eigenvalue weighted by Gasteiger charge is -2.14. The zero-order valence-electron chi connectivity index (χ0n) is 14.6. The van der Waals surface area contributed by atoms with Gasteiger partial charge in [-0.05, 0) is 49.6 Å². The Kier molecular flexibility index (Phi) is 7.24. The van der Waals surface area contributed by atoms with Crippen molar-refractivity contribution in [3.05, 3.63) is 59.2 Å². The first-order valence-electron chi connectivity index (χ1n) is 8.54. The molecular weight excluding hydrogens is 503 g/mol. The average Bonchev–Trinajstić information content (AvgIpc) is 2.92. The molecule has 2 amide bonds. The number of hydrogen-bond acceptors (Lipinski definition) is 5. The average molecular weight is 519 g/mol. The monoisotopic (exact) mass is 519 g/mol. The first-order chi connectivity index (χ1) is 13.5. The number of unbranched alkanes of at least 4 members (excludes halogenated alkanes) is 2. The van der Waals surface area contributed by atoms with Crippen molar-refractivity contribution in [2.75, 3.05) is 18.1 Å². The second kappa shape index (κ2) is 9.66. The molecule has 28 heavy (non-hydrogen) atoms. The minimum Gasteiger partial charge on any atom is -0.494 e. The standard InChI is InChI=1S/C19H16F2INO4S/c20-12-4-7-17(16(21)10-12)23-18(24)14-6-5-13(11-15(14)19(23)25)26-8-2-1-3-9-27-28-22/h4-7,10-11H,1-3,8-9H2. The summed E-state index contributed by atoms with van der Waals surface area (Å²) in [5.74, 6) is -2.61. The summed E-state index contributed by atoms with van der Waals surface area (Å²) in [6.45, 7) is 1.15. The van der Waals surface area contributed by atoms with Gasteiger partial charge in [-0.3, -0.25) is 9.59 Å². The summed E-state index contributed by atoms with van der Waals surface area (Å²) in [5, 5.41) is 0. The van der Waals surface area contributed by atoms with Crippen molar-refractivity contribution in [3.8, 4) is 5.75 Å². The smallest absolute Gasteiger partial charge is 0.266 e. The van der Waals surface area contributed by atoms with Gasteiger partial charge in [0.05, 0.1) is 39.2 Å². The van der Waals surface area contributed by atoms with Gasteiger partial charge in [-0.1, -0.05) is 0 Å². The maximum atomic E-state index is 14.0. The number of amides is 2. The molecule has 0 saturated carbocycles. The molecule has 0 radical (unpaired) electrons. The first kappa shape index (κ1) is 21.0. The summed E-state index contributed by atoms with van der Waals surface area (Å²) in [4.78, 5) is 25.9. The summed E-state index contributed by atoms with van der Waals surface area (Å²) in [6, 6.07) is 7.27. The lowest BCUT2D eigenvalue weighted by Crippen LogP contribution is -2.30. The lowest BCUT2D eigenvalue weighted by molar-refractivity contribution is 0.0924. The van der Waals surface area contributed by atoms with Gasteiger partial charge in [0.15, 0.2) is 0 Å². The zero-order valence-corrected chi connectivity index (χ0v) is 17.6. The fourth-order valence-electron chi connectivity index (χ4n) is 2.85. The SMILES string of the molecule is O=C1c2ccc(OCCCCCOSI)cc2C(=O)N1c1ccc(F)cc1F. The van der Waals surface area contributed by atoms with E-state index >= 15 is 0 Å². The molecule has 0 aromatic heterocycles.